The van der Waals surface area contributed by atoms with Crippen molar-refractivity contribution < 1.29 is 9.53 Å². The van der Waals surface area contributed by atoms with Crippen LogP contribution in [0.2, 0.25) is 0 Å². The number of morpholine rings is 1. The number of hydrogen-bond donors (Lipinski definition) is 1. The molecule has 3 rings (SSSR count). The third-order valence-corrected chi connectivity index (χ3v) is 5.13. The molecule has 19 heavy (non-hydrogen) atoms. The monoisotopic (exact) mass is 266 g/mol. The summed E-state index contributed by atoms with van der Waals surface area (Å²) >= 11 is 0. The third-order valence-electron chi connectivity index (χ3n) is 5.13. The molecule has 4 nitrogen and oxygen atoms in total. The number of amides is 1. The van der Waals surface area contributed by atoms with Crippen molar-refractivity contribution in [1.29, 1.82) is 0 Å². The lowest BCUT2D eigenvalue weighted by atomic mass is 9.88. The van der Waals surface area contributed by atoms with E-state index in [4.69, 9.17) is 4.74 Å². The molecule has 0 spiro atoms. The summed E-state index contributed by atoms with van der Waals surface area (Å²) in [6, 6.07) is 0. The average molecular weight is 266 g/mol. The fourth-order valence-corrected chi connectivity index (χ4v) is 4.04. The number of rotatable bonds is 5. The Kier molecular flexibility index (Phi) is 4.38. The number of fused-ring (bicyclic) bond motifs is 2. The predicted octanol–water partition coefficient (Wildman–Crippen LogP) is 1.26. The van der Waals surface area contributed by atoms with Crippen molar-refractivity contribution >= 4 is 5.91 Å². The quantitative estimate of drug-likeness (QED) is 0.762. The van der Waals surface area contributed by atoms with Gasteiger partial charge in [0.2, 0.25) is 5.91 Å². The van der Waals surface area contributed by atoms with Crippen molar-refractivity contribution in [3.8, 4) is 0 Å². The molecule has 3 aliphatic rings. The molecule has 3 fully saturated rings. The highest BCUT2D eigenvalue weighted by molar-refractivity contribution is 5.79. The zero-order valence-electron chi connectivity index (χ0n) is 11.8. The van der Waals surface area contributed by atoms with E-state index < -0.39 is 0 Å². The maximum absolute atomic E-state index is 12.1. The molecule has 1 saturated heterocycles. The van der Waals surface area contributed by atoms with Gasteiger partial charge >= 0.3 is 0 Å². The van der Waals surface area contributed by atoms with Crippen molar-refractivity contribution in [2.45, 2.75) is 32.1 Å². The Labute approximate surface area is 115 Å². The lowest BCUT2D eigenvalue weighted by Crippen LogP contribution is -2.39. The number of carbonyl (C=O) groups excluding carboxylic acids is 1. The van der Waals surface area contributed by atoms with Gasteiger partial charge in [0.25, 0.3) is 0 Å². The number of carbonyl (C=O) groups is 1. The SMILES string of the molecule is O=C(NCCCN1CCOCC1)C1CC2CCC1C2. The first kappa shape index (κ1) is 13.4. The van der Waals surface area contributed by atoms with Crippen LogP contribution in [0, 0.1) is 17.8 Å². The molecule has 1 aliphatic heterocycles. The minimum absolute atomic E-state index is 0.328. The van der Waals surface area contributed by atoms with Gasteiger partial charge in [-0.15, -0.1) is 0 Å². The van der Waals surface area contributed by atoms with E-state index in [1.165, 1.54) is 19.3 Å². The first-order chi connectivity index (χ1) is 9.33. The molecule has 3 unspecified atom stereocenters. The van der Waals surface area contributed by atoms with E-state index in [1.54, 1.807) is 0 Å². The van der Waals surface area contributed by atoms with Gasteiger partial charge in [0.05, 0.1) is 13.2 Å². The van der Waals surface area contributed by atoms with E-state index in [0.29, 0.717) is 17.7 Å². The standard InChI is InChI=1S/C15H26N2O2/c18-15(14-11-12-2-3-13(14)10-12)16-4-1-5-17-6-8-19-9-7-17/h12-14H,1-11H2,(H,16,18). The minimum Gasteiger partial charge on any atom is -0.379 e. The molecular weight excluding hydrogens is 240 g/mol. The second kappa shape index (κ2) is 6.23. The van der Waals surface area contributed by atoms with Gasteiger partial charge in [-0.3, -0.25) is 9.69 Å². The normalized spacial score (nSPS) is 34.6. The summed E-state index contributed by atoms with van der Waals surface area (Å²) in [6.45, 7) is 5.72. The molecule has 0 aromatic heterocycles. The summed E-state index contributed by atoms with van der Waals surface area (Å²) in [5.74, 6) is 2.22. The van der Waals surface area contributed by atoms with Crippen molar-refractivity contribution in [2.75, 3.05) is 39.4 Å². The Morgan fingerprint density at radius 1 is 1.21 bits per heavy atom. The Hall–Kier alpha value is -0.610. The third kappa shape index (κ3) is 3.29. The van der Waals surface area contributed by atoms with Crippen LogP contribution in [0.3, 0.4) is 0 Å². The molecule has 4 heteroatoms. The van der Waals surface area contributed by atoms with Crippen LogP contribution in [0.5, 0.6) is 0 Å². The molecule has 3 atom stereocenters. The van der Waals surface area contributed by atoms with Crippen molar-refractivity contribution in [3.05, 3.63) is 0 Å². The van der Waals surface area contributed by atoms with Crippen LogP contribution in [0.15, 0.2) is 0 Å². The van der Waals surface area contributed by atoms with Gasteiger partial charge in [-0.25, -0.2) is 0 Å². The summed E-state index contributed by atoms with van der Waals surface area (Å²) < 4.78 is 5.33. The number of nitrogens with zero attached hydrogens (tertiary/aromatic N) is 1. The summed E-state index contributed by atoms with van der Waals surface area (Å²) in [6.07, 6.45) is 6.18. The molecule has 0 radical (unpaired) electrons. The number of ether oxygens (including phenoxy) is 1. The van der Waals surface area contributed by atoms with Crippen LogP contribution >= 0.6 is 0 Å². The van der Waals surface area contributed by atoms with E-state index >= 15 is 0 Å². The fraction of sp³-hybridized carbons (Fsp3) is 0.933. The maximum atomic E-state index is 12.1. The topological polar surface area (TPSA) is 41.6 Å². The van der Waals surface area contributed by atoms with E-state index in [-0.39, 0.29) is 0 Å². The van der Waals surface area contributed by atoms with E-state index in [0.717, 1.165) is 58.2 Å². The molecule has 2 bridgehead atoms. The van der Waals surface area contributed by atoms with Crippen molar-refractivity contribution in [1.82, 2.24) is 10.2 Å². The smallest absolute Gasteiger partial charge is 0.223 e. The van der Waals surface area contributed by atoms with Crippen LogP contribution < -0.4 is 5.32 Å². The summed E-state index contributed by atoms with van der Waals surface area (Å²) in [5, 5.41) is 3.15. The predicted molar refractivity (Wildman–Crippen MR) is 73.8 cm³/mol. The van der Waals surface area contributed by atoms with Gasteiger partial charge < -0.3 is 10.1 Å². The average Bonchev–Trinajstić information content (AvgIpc) is 3.07. The molecule has 2 aliphatic carbocycles. The van der Waals surface area contributed by atoms with Gasteiger partial charge in [0.1, 0.15) is 0 Å². The highest BCUT2D eigenvalue weighted by Gasteiger charge is 2.42. The van der Waals surface area contributed by atoms with Crippen LogP contribution in [-0.4, -0.2) is 50.2 Å². The van der Waals surface area contributed by atoms with E-state index in [2.05, 4.69) is 10.2 Å². The zero-order valence-corrected chi connectivity index (χ0v) is 11.8. The van der Waals surface area contributed by atoms with Crippen molar-refractivity contribution in [2.24, 2.45) is 17.8 Å². The largest absolute Gasteiger partial charge is 0.379 e. The van der Waals surface area contributed by atoms with E-state index in [9.17, 15) is 4.79 Å². The second-order valence-corrected chi connectivity index (χ2v) is 6.38. The highest BCUT2D eigenvalue weighted by Crippen LogP contribution is 2.48. The summed E-state index contributed by atoms with van der Waals surface area (Å²) in [7, 11) is 0. The van der Waals surface area contributed by atoms with Crippen LogP contribution in [-0.2, 0) is 9.53 Å². The van der Waals surface area contributed by atoms with Crippen molar-refractivity contribution in [3.63, 3.8) is 0 Å². The maximum Gasteiger partial charge on any atom is 0.223 e. The molecular formula is C15H26N2O2. The molecule has 108 valence electrons. The number of hydrogen-bond acceptors (Lipinski definition) is 3. The van der Waals surface area contributed by atoms with Gasteiger partial charge in [0.15, 0.2) is 0 Å². The molecule has 2 saturated carbocycles. The Balaban J connectivity index is 1.30. The minimum atomic E-state index is 0.328. The van der Waals surface area contributed by atoms with Crippen LogP contribution in [0.25, 0.3) is 0 Å². The fourth-order valence-electron chi connectivity index (χ4n) is 4.04. The first-order valence-corrected chi connectivity index (χ1v) is 7.91. The van der Waals surface area contributed by atoms with Gasteiger partial charge in [-0.1, -0.05) is 6.42 Å². The van der Waals surface area contributed by atoms with Gasteiger partial charge in [0, 0.05) is 25.6 Å². The van der Waals surface area contributed by atoms with E-state index in [1.807, 2.05) is 0 Å². The molecule has 1 N–H and O–H groups in total. The van der Waals surface area contributed by atoms with Gasteiger partial charge in [-0.2, -0.15) is 0 Å². The number of nitrogens with one attached hydrogen (secondary N) is 1. The highest BCUT2D eigenvalue weighted by atomic mass is 16.5. The van der Waals surface area contributed by atoms with Crippen LogP contribution in [0.4, 0.5) is 0 Å². The molecule has 1 amide bonds. The molecule has 0 aromatic rings. The molecule has 1 heterocycles. The van der Waals surface area contributed by atoms with Crippen LogP contribution in [0.1, 0.15) is 32.1 Å². The molecule has 0 aromatic carbocycles. The summed E-state index contributed by atoms with van der Waals surface area (Å²) in [4.78, 5) is 14.6. The Morgan fingerprint density at radius 3 is 2.74 bits per heavy atom. The Morgan fingerprint density at radius 2 is 2.05 bits per heavy atom. The first-order valence-electron chi connectivity index (χ1n) is 7.91. The lowest BCUT2D eigenvalue weighted by Gasteiger charge is -2.26. The lowest BCUT2D eigenvalue weighted by molar-refractivity contribution is -0.126. The Bertz CT molecular complexity index is 315. The van der Waals surface area contributed by atoms with Gasteiger partial charge in [-0.05, 0) is 44.1 Å². The zero-order chi connectivity index (χ0) is 13.1. The second-order valence-electron chi connectivity index (χ2n) is 6.38. The summed E-state index contributed by atoms with van der Waals surface area (Å²) in [5.41, 5.74) is 0.